The van der Waals surface area contributed by atoms with Crippen LogP contribution < -0.4 is 5.73 Å². The number of hydrogen-bond donors (Lipinski definition) is 1. The smallest absolute Gasteiger partial charge is 0.358 e. The molecule has 110 valence electrons. The van der Waals surface area contributed by atoms with E-state index < -0.39 is 15.8 Å². The fourth-order valence-electron chi connectivity index (χ4n) is 1.80. The molecule has 0 spiro atoms. The summed E-state index contributed by atoms with van der Waals surface area (Å²) in [5.74, 6) is -0.605. The van der Waals surface area contributed by atoms with Gasteiger partial charge < -0.3 is 10.5 Å². The summed E-state index contributed by atoms with van der Waals surface area (Å²) < 4.78 is 27.4. The van der Waals surface area contributed by atoms with E-state index in [9.17, 15) is 13.2 Å². The minimum Gasteiger partial charge on any atom is -0.464 e. The average Bonchev–Trinajstić information content (AvgIpc) is 2.45. The molecule has 0 amide bonds. The van der Waals surface area contributed by atoms with Crippen LogP contribution in [0.4, 0.5) is 5.69 Å². The van der Waals surface area contributed by atoms with Crippen LogP contribution >= 0.6 is 0 Å². The third-order valence-electron chi connectivity index (χ3n) is 2.91. The summed E-state index contributed by atoms with van der Waals surface area (Å²) in [6.07, 6.45) is 2.63. The van der Waals surface area contributed by atoms with Gasteiger partial charge in [-0.25, -0.2) is 18.2 Å². The van der Waals surface area contributed by atoms with E-state index in [2.05, 4.69) is 9.72 Å². The van der Waals surface area contributed by atoms with Gasteiger partial charge in [0.05, 0.1) is 17.7 Å². The van der Waals surface area contributed by atoms with E-state index in [-0.39, 0.29) is 16.3 Å². The minimum atomic E-state index is -3.23. The zero-order valence-corrected chi connectivity index (χ0v) is 12.3. The van der Waals surface area contributed by atoms with Crippen molar-refractivity contribution >= 4 is 21.5 Å². The van der Waals surface area contributed by atoms with E-state index >= 15 is 0 Å². The Morgan fingerprint density at radius 3 is 2.29 bits per heavy atom. The minimum absolute atomic E-state index is 0.0500. The molecule has 1 heterocycles. The van der Waals surface area contributed by atoms with Crippen molar-refractivity contribution in [3.05, 3.63) is 42.2 Å². The number of anilines is 1. The molecule has 21 heavy (non-hydrogen) atoms. The van der Waals surface area contributed by atoms with E-state index in [1.807, 2.05) is 0 Å². The third-order valence-corrected chi connectivity index (χ3v) is 4.04. The van der Waals surface area contributed by atoms with E-state index in [0.717, 1.165) is 11.8 Å². The number of ether oxygens (including phenoxy) is 1. The van der Waals surface area contributed by atoms with Crippen molar-refractivity contribution in [1.82, 2.24) is 4.98 Å². The number of benzene rings is 1. The van der Waals surface area contributed by atoms with E-state index in [1.54, 1.807) is 18.2 Å². The van der Waals surface area contributed by atoms with Gasteiger partial charge in [0.1, 0.15) is 0 Å². The Balaban J connectivity index is 2.39. The van der Waals surface area contributed by atoms with Gasteiger partial charge in [-0.15, -0.1) is 0 Å². The Hall–Kier alpha value is -2.41. The molecule has 2 N–H and O–H groups in total. The van der Waals surface area contributed by atoms with Crippen LogP contribution in [0, 0.1) is 0 Å². The van der Waals surface area contributed by atoms with Crippen molar-refractivity contribution in [2.45, 2.75) is 4.90 Å². The summed E-state index contributed by atoms with van der Waals surface area (Å²) in [5.41, 5.74) is 7.45. The zero-order chi connectivity index (χ0) is 15.6. The lowest BCUT2D eigenvalue weighted by molar-refractivity contribution is 0.0595. The van der Waals surface area contributed by atoms with Gasteiger partial charge in [0.2, 0.25) is 0 Å². The SMILES string of the molecule is COC(=O)c1ncc(-c2ccc(S(C)(=O)=O)cc2)cc1N. The highest BCUT2D eigenvalue weighted by Gasteiger charge is 2.13. The normalized spacial score (nSPS) is 11.1. The number of carbonyl (C=O) groups is 1. The molecule has 0 unspecified atom stereocenters. The fraction of sp³-hybridized carbons (Fsp3) is 0.143. The highest BCUT2D eigenvalue weighted by Crippen LogP contribution is 2.24. The Morgan fingerprint density at radius 1 is 1.19 bits per heavy atom. The van der Waals surface area contributed by atoms with Crippen LogP contribution in [0.2, 0.25) is 0 Å². The summed E-state index contributed by atoms with van der Waals surface area (Å²) in [5, 5.41) is 0. The first-order chi connectivity index (χ1) is 9.82. The van der Waals surface area contributed by atoms with Crippen molar-refractivity contribution in [2.75, 3.05) is 19.1 Å². The van der Waals surface area contributed by atoms with Crippen molar-refractivity contribution in [3.63, 3.8) is 0 Å². The molecule has 2 rings (SSSR count). The lowest BCUT2D eigenvalue weighted by Crippen LogP contribution is -2.08. The molecular formula is C14H14N2O4S. The molecule has 7 heteroatoms. The summed E-state index contributed by atoms with van der Waals surface area (Å²) in [6, 6.07) is 7.92. The van der Waals surface area contributed by atoms with E-state index in [0.29, 0.717) is 5.56 Å². The maximum atomic E-state index is 11.4. The Bertz CT molecular complexity index is 783. The highest BCUT2D eigenvalue weighted by atomic mass is 32.2. The number of nitrogens with two attached hydrogens (primary N) is 1. The second kappa shape index (κ2) is 5.53. The molecule has 0 saturated heterocycles. The van der Waals surface area contributed by atoms with Gasteiger partial charge in [-0.3, -0.25) is 0 Å². The summed E-state index contributed by atoms with van der Waals surface area (Å²) in [4.78, 5) is 15.6. The second-order valence-corrected chi connectivity index (χ2v) is 6.47. The summed E-state index contributed by atoms with van der Waals surface area (Å²) in [7, 11) is -1.98. The topological polar surface area (TPSA) is 99.3 Å². The van der Waals surface area contributed by atoms with Crippen molar-refractivity contribution in [3.8, 4) is 11.1 Å². The standard InChI is InChI=1S/C14H14N2O4S/c1-20-14(17)13-12(15)7-10(8-16-13)9-3-5-11(6-4-9)21(2,18)19/h3-8H,15H2,1-2H3. The molecule has 0 bridgehead atoms. The molecule has 0 fully saturated rings. The predicted octanol–water partition coefficient (Wildman–Crippen LogP) is 1.52. The molecule has 2 aromatic rings. The Kier molecular flexibility index (Phi) is 3.95. The molecule has 0 aliphatic rings. The summed E-state index contributed by atoms with van der Waals surface area (Å²) in [6.45, 7) is 0. The largest absolute Gasteiger partial charge is 0.464 e. The van der Waals surface area contributed by atoms with Gasteiger partial charge in [0.25, 0.3) is 0 Å². The number of nitrogen functional groups attached to an aromatic ring is 1. The number of sulfone groups is 1. The number of hydrogen-bond acceptors (Lipinski definition) is 6. The van der Waals surface area contributed by atoms with Crippen LogP contribution in [0.1, 0.15) is 10.5 Å². The van der Waals surface area contributed by atoms with Gasteiger partial charge >= 0.3 is 5.97 Å². The van der Waals surface area contributed by atoms with Crippen molar-refractivity contribution in [1.29, 1.82) is 0 Å². The monoisotopic (exact) mass is 306 g/mol. The van der Waals surface area contributed by atoms with Gasteiger partial charge in [-0.05, 0) is 23.8 Å². The number of esters is 1. The first-order valence-electron chi connectivity index (χ1n) is 5.97. The molecular weight excluding hydrogens is 292 g/mol. The first kappa shape index (κ1) is 15.0. The molecule has 1 aromatic heterocycles. The third kappa shape index (κ3) is 3.19. The molecule has 6 nitrogen and oxygen atoms in total. The summed E-state index contributed by atoms with van der Waals surface area (Å²) >= 11 is 0. The van der Waals surface area contributed by atoms with Crippen LogP contribution in [0.5, 0.6) is 0 Å². The lowest BCUT2D eigenvalue weighted by Gasteiger charge is -2.07. The molecule has 0 radical (unpaired) electrons. The van der Waals surface area contributed by atoms with Crippen molar-refractivity contribution in [2.24, 2.45) is 0 Å². The lowest BCUT2D eigenvalue weighted by atomic mass is 10.1. The molecule has 0 atom stereocenters. The predicted molar refractivity (Wildman–Crippen MR) is 78.5 cm³/mol. The molecule has 0 aliphatic heterocycles. The Labute approximate surface area is 122 Å². The van der Waals surface area contributed by atoms with Gasteiger partial charge in [0.15, 0.2) is 15.5 Å². The molecule has 0 aliphatic carbocycles. The number of rotatable bonds is 3. The zero-order valence-electron chi connectivity index (χ0n) is 11.5. The van der Waals surface area contributed by atoms with Crippen LogP contribution in [0.15, 0.2) is 41.4 Å². The maximum Gasteiger partial charge on any atom is 0.358 e. The molecule has 0 saturated carbocycles. The quantitative estimate of drug-likeness (QED) is 0.863. The molecule has 1 aromatic carbocycles. The number of nitrogens with zero attached hydrogens (tertiary/aromatic N) is 1. The van der Waals surface area contributed by atoms with Crippen LogP contribution in [0.3, 0.4) is 0 Å². The van der Waals surface area contributed by atoms with Gasteiger partial charge in [-0.1, -0.05) is 12.1 Å². The first-order valence-corrected chi connectivity index (χ1v) is 7.86. The van der Waals surface area contributed by atoms with Crippen LogP contribution in [-0.4, -0.2) is 32.7 Å². The second-order valence-electron chi connectivity index (χ2n) is 4.45. The number of methoxy groups -OCH3 is 1. The fourth-order valence-corrected chi connectivity index (χ4v) is 2.43. The van der Waals surface area contributed by atoms with Crippen LogP contribution in [-0.2, 0) is 14.6 Å². The van der Waals surface area contributed by atoms with Gasteiger partial charge in [-0.2, -0.15) is 0 Å². The van der Waals surface area contributed by atoms with Crippen LogP contribution in [0.25, 0.3) is 11.1 Å². The Morgan fingerprint density at radius 2 is 1.81 bits per heavy atom. The maximum absolute atomic E-state index is 11.4. The number of carbonyl (C=O) groups excluding carboxylic acids is 1. The van der Waals surface area contributed by atoms with Gasteiger partial charge in [0, 0.05) is 18.0 Å². The van der Waals surface area contributed by atoms with Crippen molar-refractivity contribution < 1.29 is 17.9 Å². The highest BCUT2D eigenvalue weighted by molar-refractivity contribution is 7.90. The van der Waals surface area contributed by atoms with E-state index in [1.165, 1.54) is 25.4 Å². The number of pyridine rings is 1. The number of aromatic nitrogens is 1. The average molecular weight is 306 g/mol. The van der Waals surface area contributed by atoms with E-state index in [4.69, 9.17) is 5.73 Å².